The third kappa shape index (κ3) is 8.20. The fourth-order valence-electron chi connectivity index (χ4n) is 7.70. The number of ether oxygens (including phenoxy) is 3. The second-order valence-electron chi connectivity index (χ2n) is 14.1. The Kier molecular flexibility index (Phi) is 12.7. The van der Waals surface area contributed by atoms with E-state index in [4.69, 9.17) is 25.8 Å². The van der Waals surface area contributed by atoms with Gasteiger partial charge in [-0.05, 0) is 79.0 Å². The number of carbonyl (C=O) groups excluding carboxylic acids is 3. The smallest absolute Gasteiger partial charge is 0.416 e. The van der Waals surface area contributed by atoms with Gasteiger partial charge in [0.2, 0.25) is 5.91 Å². The fourth-order valence-corrected chi connectivity index (χ4v) is 9.82. The molecule has 0 aliphatic carbocycles. The molecule has 0 spiro atoms. The van der Waals surface area contributed by atoms with Crippen LogP contribution in [0.2, 0.25) is 0 Å². The molecule has 296 valence electrons. The van der Waals surface area contributed by atoms with Crippen LogP contribution in [0, 0.1) is 0 Å². The summed E-state index contributed by atoms with van der Waals surface area (Å²) in [6.07, 6.45) is 3.12. The number of phenolic OH excluding ortho intramolecular Hbond substituents is 1. The Morgan fingerprint density at radius 2 is 1.84 bits per heavy atom. The van der Waals surface area contributed by atoms with Gasteiger partial charge in [-0.3, -0.25) is 9.59 Å². The van der Waals surface area contributed by atoms with E-state index in [1.807, 2.05) is 49.4 Å². The number of aromatic hydroxyl groups is 1. The lowest BCUT2D eigenvalue weighted by atomic mass is 9.95. The standard InChI is InChI=1S/C41H45ClN4O8S2/c1-25(55-56-36-14-7-8-16-43-36)24-54-41(51)46-31-21-35(34(52-2)19-29(31)39(49)44-17-10-13-30(44)40(46)50)53-18-9-3-4-15-37(48)45-23-26(22-42)38-28-12-6-5-11-27(28)33(47)20-32(38)45/h5-8,11-12,14,16,19-21,25-26,30,40,47,50H,3-4,9-10,13,15,17-18,22-24H2,1-2H3. The van der Waals surface area contributed by atoms with Gasteiger partial charge in [0.25, 0.3) is 5.91 Å². The number of unbranched alkanes of at least 4 members (excludes halogenated alkanes) is 2. The quantitative estimate of drug-likeness (QED) is 0.0727. The Bertz CT molecular complexity index is 2080. The van der Waals surface area contributed by atoms with Crippen LogP contribution in [0.4, 0.5) is 16.2 Å². The predicted molar refractivity (Wildman–Crippen MR) is 219 cm³/mol. The Balaban J connectivity index is 0.990. The van der Waals surface area contributed by atoms with Crippen molar-refractivity contribution in [2.24, 2.45) is 0 Å². The maximum Gasteiger partial charge on any atom is 0.416 e. The molecule has 4 atom stereocenters. The van der Waals surface area contributed by atoms with Crippen LogP contribution in [-0.2, 0) is 9.53 Å². The van der Waals surface area contributed by atoms with Crippen molar-refractivity contribution in [3.8, 4) is 17.2 Å². The van der Waals surface area contributed by atoms with Gasteiger partial charge in [-0.2, -0.15) is 0 Å². The molecule has 7 rings (SSSR count). The summed E-state index contributed by atoms with van der Waals surface area (Å²) < 4.78 is 17.6. The molecule has 1 fully saturated rings. The number of aromatic nitrogens is 1. The topological polar surface area (TPSA) is 142 Å². The summed E-state index contributed by atoms with van der Waals surface area (Å²) in [5, 5.41) is 24.7. The molecule has 0 bridgehead atoms. The van der Waals surface area contributed by atoms with Crippen molar-refractivity contribution in [1.29, 1.82) is 0 Å². The second kappa shape index (κ2) is 17.8. The second-order valence-corrected chi connectivity index (χ2v) is 17.1. The SMILES string of the molecule is COc1cc2c(cc1OCCCCCC(=O)N1CC(CCl)c3c1cc(O)c1ccccc31)N(C(=O)OCC(C)SSc1ccccn1)C(O)C1CCCN1C2=O. The number of alkyl halides is 1. The number of amides is 3. The summed E-state index contributed by atoms with van der Waals surface area (Å²) in [5.41, 5.74) is 2.11. The van der Waals surface area contributed by atoms with Crippen LogP contribution in [-0.4, -0.2) is 94.8 Å². The minimum atomic E-state index is -1.33. The van der Waals surface area contributed by atoms with Crippen LogP contribution in [0.25, 0.3) is 10.8 Å². The third-order valence-electron chi connectivity index (χ3n) is 10.4. The molecular weight excluding hydrogens is 776 g/mol. The number of phenols is 1. The largest absolute Gasteiger partial charge is 0.507 e. The fraction of sp³-hybridized carbons (Fsp3) is 0.415. The number of hydrogen-bond donors (Lipinski definition) is 2. The molecule has 4 heterocycles. The highest BCUT2D eigenvalue weighted by Crippen LogP contribution is 2.46. The van der Waals surface area contributed by atoms with Gasteiger partial charge in [0.05, 0.1) is 36.7 Å². The van der Waals surface area contributed by atoms with E-state index in [-0.39, 0.29) is 53.2 Å². The zero-order valence-electron chi connectivity index (χ0n) is 31.3. The predicted octanol–water partition coefficient (Wildman–Crippen LogP) is 7.97. The van der Waals surface area contributed by atoms with Crippen LogP contribution in [0.1, 0.15) is 67.3 Å². The summed E-state index contributed by atoms with van der Waals surface area (Å²) >= 11 is 6.36. The maximum absolute atomic E-state index is 13.8. The number of nitrogens with zero attached hydrogens (tertiary/aromatic N) is 4. The highest BCUT2D eigenvalue weighted by atomic mass is 35.5. The average Bonchev–Trinajstić information content (AvgIpc) is 3.85. The first-order chi connectivity index (χ1) is 27.2. The van der Waals surface area contributed by atoms with Gasteiger partial charge in [-0.1, -0.05) is 41.1 Å². The van der Waals surface area contributed by atoms with Crippen LogP contribution < -0.4 is 19.3 Å². The molecule has 1 aromatic heterocycles. The third-order valence-corrected chi connectivity index (χ3v) is 13.6. The number of anilines is 2. The van der Waals surface area contributed by atoms with Gasteiger partial charge in [-0.15, -0.1) is 11.6 Å². The number of methoxy groups -OCH3 is 1. The van der Waals surface area contributed by atoms with Crippen LogP contribution >= 0.6 is 33.2 Å². The van der Waals surface area contributed by atoms with Gasteiger partial charge in [-0.25, -0.2) is 14.7 Å². The Morgan fingerprint density at radius 1 is 1.04 bits per heavy atom. The van der Waals surface area contributed by atoms with Crippen molar-refractivity contribution in [1.82, 2.24) is 9.88 Å². The first-order valence-electron chi connectivity index (χ1n) is 18.8. The van der Waals surface area contributed by atoms with Crippen molar-refractivity contribution in [2.75, 3.05) is 49.1 Å². The summed E-state index contributed by atoms with van der Waals surface area (Å²) in [6, 6.07) is 17.5. The summed E-state index contributed by atoms with van der Waals surface area (Å²) in [6.45, 7) is 3.22. The average molecular weight is 821 g/mol. The number of hydrogen-bond acceptors (Lipinski definition) is 11. The molecule has 3 amide bonds. The van der Waals surface area contributed by atoms with Crippen molar-refractivity contribution in [3.63, 3.8) is 0 Å². The highest BCUT2D eigenvalue weighted by Gasteiger charge is 2.45. The highest BCUT2D eigenvalue weighted by molar-refractivity contribution is 8.76. The molecule has 15 heteroatoms. The molecule has 3 aliphatic rings. The van der Waals surface area contributed by atoms with E-state index in [1.54, 1.807) is 34.2 Å². The molecule has 3 aromatic carbocycles. The molecule has 4 unspecified atom stereocenters. The van der Waals surface area contributed by atoms with E-state index in [0.29, 0.717) is 74.7 Å². The van der Waals surface area contributed by atoms with Crippen LogP contribution in [0.3, 0.4) is 0 Å². The van der Waals surface area contributed by atoms with Gasteiger partial charge >= 0.3 is 6.09 Å². The lowest BCUT2D eigenvalue weighted by Gasteiger charge is -2.32. The van der Waals surface area contributed by atoms with Crippen LogP contribution in [0.15, 0.2) is 71.9 Å². The number of carbonyl (C=O) groups is 3. The molecule has 12 nitrogen and oxygen atoms in total. The Morgan fingerprint density at radius 3 is 2.61 bits per heavy atom. The molecule has 1 saturated heterocycles. The van der Waals surface area contributed by atoms with Crippen molar-refractivity contribution in [3.05, 3.63) is 78.0 Å². The molecule has 2 N–H and O–H groups in total. The number of rotatable bonds is 14. The van der Waals surface area contributed by atoms with Crippen LogP contribution in [0.5, 0.6) is 17.2 Å². The van der Waals surface area contributed by atoms with Gasteiger partial charge < -0.3 is 34.2 Å². The Labute approximate surface area is 338 Å². The van der Waals surface area contributed by atoms with Crippen molar-refractivity contribution in [2.45, 2.75) is 73.9 Å². The molecule has 0 radical (unpaired) electrons. The van der Waals surface area contributed by atoms with Gasteiger partial charge in [0, 0.05) is 60.3 Å². The maximum atomic E-state index is 13.8. The van der Waals surface area contributed by atoms with E-state index in [2.05, 4.69) is 4.98 Å². The van der Waals surface area contributed by atoms with E-state index in [1.165, 1.54) is 28.7 Å². The van der Waals surface area contributed by atoms with Crippen molar-refractivity contribution >= 4 is 73.2 Å². The minimum absolute atomic E-state index is 0.0271. The number of aliphatic hydroxyl groups excluding tert-OH is 1. The lowest BCUT2D eigenvalue weighted by molar-refractivity contribution is -0.118. The van der Waals surface area contributed by atoms with E-state index in [9.17, 15) is 24.6 Å². The zero-order chi connectivity index (χ0) is 39.3. The molecular formula is C41H45ClN4O8S2. The number of halogens is 1. The Hall–Kier alpha value is -4.37. The minimum Gasteiger partial charge on any atom is -0.507 e. The molecule has 0 saturated carbocycles. The van der Waals surface area contributed by atoms with Gasteiger partial charge in [0.15, 0.2) is 17.7 Å². The first-order valence-corrected chi connectivity index (χ1v) is 21.6. The lowest BCUT2D eigenvalue weighted by Crippen LogP contribution is -2.51. The number of fused-ring (bicyclic) bond motifs is 5. The monoisotopic (exact) mass is 820 g/mol. The number of pyridine rings is 1. The van der Waals surface area contributed by atoms with E-state index >= 15 is 0 Å². The van der Waals surface area contributed by atoms with Gasteiger partial charge in [0.1, 0.15) is 17.4 Å². The number of benzene rings is 3. The van der Waals surface area contributed by atoms with Crippen molar-refractivity contribution < 1.29 is 38.8 Å². The normalized spacial score (nSPS) is 19.3. The summed E-state index contributed by atoms with van der Waals surface area (Å²) in [5.74, 6) is 0.775. The molecule has 4 aromatic rings. The summed E-state index contributed by atoms with van der Waals surface area (Å²) in [4.78, 5) is 49.9. The van der Waals surface area contributed by atoms with E-state index in [0.717, 1.165) is 26.3 Å². The number of aliphatic hydroxyl groups is 1. The molecule has 3 aliphatic heterocycles. The first kappa shape index (κ1) is 39.8. The summed E-state index contributed by atoms with van der Waals surface area (Å²) in [7, 11) is 4.48. The zero-order valence-corrected chi connectivity index (χ0v) is 33.7. The van der Waals surface area contributed by atoms with E-state index < -0.39 is 18.4 Å². The molecule has 56 heavy (non-hydrogen) atoms.